The second kappa shape index (κ2) is 7.95. The van der Waals surface area contributed by atoms with Crippen molar-refractivity contribution in [2.45, 2.75) is 19.4 Å². The fraction of sp³-hybridized carbons (Fsp3) is 0.238. The number of carbonyl (C=O) groups excluding carboxylic acids is 2. The van der Waals surface area contributed by atoms with Crippen molar-refractivity contribution in [2.75, 3.05) is 19.5 Å². The van der Waals surface area contributed by atoms with E-state index in [0.717, 1.165) is 11.1 Å². The summed E-state index contributed by atoms with van der Waals surface area (Å²) in [6.07, 6.45) is 3.75. The van der Waals surface area contributed by atoms with E-state index in [9.17, 15) is 9.59 Å². The van der Waals surface area contributed by atoms with E-state index in [1.165, 1.54) is 14.0 Å². The van der Waals surface area contributed by atoms with E-state index < -0.39 is 0 Å². The molecule has 0 saturated carbocycles. The largest absolute Gasteiger partial charge is 0.497 e. The average Bonchev–Trinajstić information content (AvgIpc) is 2.68. The van der Waals surface area contributed by atoms with Gasteiger partial charge in [-0.3, -0.25) is 9.59 Å². The number of benzene rings is 2. The van der Waals surface area contributed by atoms with Gasteiger partial charge in [-0.1, -0.05) is 24.3 Å². The van der Waals surface area contributed by atoms with Gasteiger partial charge in [-0.05, 0) is 29.3 Å². The van der Waals surface area contributed by atoms with Gasteiger partial charge < -0.3 is 19.7 Å². The molecule has 2 aromatic carbocycles. The molecule has 2 amide bonds. The van der Waals surface area contributed by atoms with Crippen molar-refractivity contribution < 1.29 is 19.1 Å². The highest BCUT2D eigenvalue weighted by atomic mass is 16.5. The highest BCUT2D eigenvalue weighted by Crippen LogP contribution is 2.34. The van der Waals surface area contributed by atoms with Gasteiger partial charge in [-0.2, -0.15) is 0 Å². The zero-order valence-corrected chi connectivity index (χ0v) is 15.6. The lowest BCUT2D eigenvalue weighted by molar-refractivity contribution is -0.129. The molecule has 6 nitrogen and oxygen atoms in total. The lowest BCUT2D eigenvalue weighted by Gasteiger charge is -2.32. The van der Waals surface area contributed by atoms with Crippen molar-refractivity contribution in [1.29, 1.82) is 0 Å². The Labute approximate surface area is 158 Å². The van der Waals surface area contributed by atoms with Crippen molar-refractivity contribution in [3.05, 3.63) is 59.8 Å². The van der Waals surface area contributed by atoms with Crippen LogP contribution in [0, 0.1) is 0 Å². The minimum absolute atomic E-state index is 0.111. The number of rotatable bonds is 5. The normalized spacial score (nSPS) is 15.1. The van der Waals surface area contributed by atoms with E-state index in [0.29, 0.717) is 17.2 Å². The van der Waals surface area contributed by atoms with Crippen LogP contribution in [0.1, 0.15) is 30.5 Å². The summed E-state index contributed by atoms with van der Waals surface area (Å²) in [5.41, 5.74) is 2.51. The number of fused-ring (bicyclic) bond motifs is 1. The van der Waals surface area contributed by atoms with Crippen LogP contribution in [0.4, 0.5) is 5.69 Å². The topological polar surface area (TPSA) is 67.9 Å². The van der Waals surface area contributed by atoms with Gasteiger partial charge in [0.2, 0.25) is 11.8 Å². The summed E-state index contributed by atoms with van der Waals surface area (Å²) in [6, 6.07) is 12.6. The lowest BCUT2D eigenvalue weighted by atomic mass is 9.93. The first-order valence-electron chi connectivity index (χ1n) is 8.61. The molecule has 1 atom stereocenters. The summed E-state index contributed by atoms with van der Waals surface area (Å²) in [7, 11) is 3.10. The number of anilines is 1. The van der Waals surface area contributed by atoms with Crippen LogP contribution in [-0.4, -0.2) is 30.9 Å². The fourth-order valence-electron chi connectivity index (χ4n) is 3.19. The molecule has 140 valence electrons. The van der Waals surface area contributed by atoms with Gasteiger partial charge in [0, 0.05) is 19.2 Å². The lowest BCUT2D eigenvalue weighted by Crippen LogP contribution is -2.33. The Morgan fingerprint density at radius 3 is 2.59 bits per heavy atom. The quantitative estimate of drug-likeness (QED) is 0.878. The van der Waals surface area contributed by atoms with Crippen molar-refractivity contribution in [1.82, 2.24) is 4.90 Å². The van der Waals surface area contributed by atoms with E-state index in [-0.39, 0.29) is 24.3 Å². The SMILES string of the molecule is COc1ccc(NC(=O)C[C@@H]2c3ccccc3C=CN2C(C)=O)c(OC)c1. The Morgan fingerprint density at radius 1 is 1.11 bits per heavy atom. The van der Waals surface area contributed by atoms with E-state index in [1.54, 1.807) is 36.4 Å². The van der Waals surface area contributed by atoms with Crippen LogP contribution in [-0.2, 0) is 9.59 Å². The second-order valence-corrected chi connectivity index (χ2v) is 6.21. The van der Waals surface area contributed by atoms with Crippen LogP contribution in [0.2, 0.25) is 0 Å². The number of carbonyl (C=O) groups is 2. The molecular formula is C21H22N2O4. The molecule has 27 heavy (non-hydrogen) atoms. The van der Waals surface area contributed by atoms with Gasteiger partial charge in [0.25, 0.3) is 0 Å². The Hall–Kier alpha value is -3.28. The highest BCUT2D eigenvalue weighted by molar-refractivity contribution is 5.93. The third-order valence-electron chi connectivity index (χ3n) is 4.53. The number of nitrogens with one attached hydrogen (secondary N) is 1. The third-order valence-corrected chi connectivity index (χ3v) is 4.53. The monoisotopic (exact) mass is 366 g/mol. The van der Waals surface area contributed by atoms with Crippen LogP contribution in [0.15, 0.2) is 48.7 Å². The van der Waals surface area contributed by atoms with E-state index in [4.69, 9.17) is 9.47 Å². The van der Waals surface area contributed by atoms with Gasteiger partial charge >= 0.3 is 0 Å². The molecule has 1 heterocycles. The van der Waals surface area contributed by atoms with Gasteiger partial charge in [0.05, 0.1) is 32.4 Å². The molecule has 6 heteroatoms. The number of amides is 2. The standard InChI is InChI=1S/C21H22N2O4/c1-14(24)23-11-10-15-6-4-5-7-17(15)19(23)13-21(25)22-18-9-8-16(26-2)12-20(18)27-3/h4-12,19H,13H2,1-3H3,(H,22,25)/t19-/m1/s1. The maximum atomic E-state index is 12.7. The molecule has 3 rings (SSSR count). The molecule has 0 spiro atoms. The van der Waals surface area contributed by atoms with Crippen LogP contribution < -0.4 is 14.8 Å². The molecule has 2 aromatic rings. The first-order valence-corrected chi connectivity index (χ1v) is 8.61. The number of hydrogen-bond donors (Lipinski definition) is 1. The second-order valence-electron chi connectivity index (χ2n) is 6.21. The van der Waals surface area contributed by atoms with Crippen molar-refractivity contribution in [3.8, 4) is 11.5 Å². The van der Waals surface area contributed by atoms with E-state index in [1.807, 2.05) is 30.3 Å². The summed E-state index contributed by atoms with van der Waals surface area (Å²) in [4.78, 5) is 26.4. The van der Waals surface area contributed by atoms with Gasteiger partial charge in [0.15, 0.2) is 0 Å². The molecular weight excluding hydrogens is 344 g/mol. The minimum Gasteiger partial charge on any atom is -0.497 e. The molecule has 0 fully saturated rings. The first kappa shape index (κ1) is 18.5. The number of nitrogens with zero attached hydrogens (tertiary/aromatic N) is 1. The van der Waals surface area contributed by atoms with Gasteiger partial charge in [-0.15, -0.1) is 0 Å². The first-order chi connectivity index (χ1) is 13.0. The van der Waals surface area contributed by atoms with Crippen LogP contribution in [0.25, 0.3) is 6.08 Å². The number of ether oxygens (including phenoxy) is 2. The van der Waals surface area contributed by atoms with E-state index in [2.05, 4.69) is 5.32 Å². The Morgan fingerprint density at radius 2 is 1.89 bits per heavy atom. The van der Waals surface area contributed by atoms with Crippen LogP contribution in [0.5, 0.6) is 11.5 Å². The molecule has 0 radical (unpaired) electrons. The van der Waals surface area contributed by atoms with Crippen LogP contribution >= 0.6 is 0 Å². The zero-order chi connectivity index (χ0) is 19.4. The minimum atomic E-state index is -0.354. The molecule has 0 bridgehead atoms. The Balaban J connectivity index is 1.82. The Bertz CT molecular complexity index is 892. The summed E-state index contributed by atoms with van der Waals surface area (Å²) in [5.74, 6) is 0.828. The molecule has 1 N–H and O–H groups in total. The highest BCUT2D eigenvalue weighted by Gasteiger charge is 2.28. The molecule has 1 aliphatic rings. The molecule has 0 aromatic heterocycles. The smallest absolute Gasteiger partial charge is 0.226 e. The zero-order valence-electron chi connectivity index (χ0n) is 15.6. The summed E-state index contributed by atoms with van der Waals surface area (Å²) < 4.78 is 10.5. The number of methoxy groups -OCH3 is 2. The fourth-order valence-corrected chi connectivity index (χ4v) is 3.19. The molecule has 0 saturated heterocycles. The maximum absolute atomic E-state index is 12.7. The predicted octanol–water partition coefficient (Wildman–Crippen LogP) is 3.61. The predicted molar refractivity (Wildman–Crippen MR) is 104 cm³/mol. The summed E-state index contributed by atoms with van der Waals surface area (Å²) in [5, 5.41) is 2.87. The summed E-state index contributed by atoms with van der Waals surface area (Å²) in [6.45, 7) is 1.50. The van der Waals surface area contributed by atoms with E-state index >= 15 is 0 Å². The molecule has 0 unspecified atom stereocenters. The van der Waals surface area contributed by atoms with Gasteiger partial charge in [-0.25, -0.2) is 0 Å². The third kappa shape index (κ3) is 3.95. The number of hydrogen-bond acceptors (Lipinski definition) is 4. The van der Waals surface area contributed by atoms with Gasteiger partial charge in [0.1, 0.15) is 11.5 Å². The molecule has 1 aliphatic heterocycles. The molecule has 0 aliphatic carbocycles. The van der Waals surface area contributed by atoms with Crippen LogP contribution in [0.3, 0.4) is 0 Å². The average molecular weight is 366 g/mol. The van der Waals surface area contributed by atoms with Crippen molar-refractivity contribution in [3.63, 3.8) is 0 Å². The van der Waals surface area contributed by atoms with Crippen molar-refractivity contribution in [2.24, 2.45) is 0 Å². The van der Waals surface area contributed by atoms with Crippen molar-refractivity contribution >= 4 is 23.6 Å². The summed E-state index contributed by atoms with van der Waals surface area (Å²) >= 11 is 0. The Kier molecular flexibility index (Phi) is 5.45. The maximum Gasteiger partial charge on any atom is 0.226 e.